The number of unbranched alkanes of at least 4 members (excludes halogenated alkanes) is 1. The van der Waals surface area contributed by atoms with Gasteiger partial charge in [-0.15, -0.1) is 12.3 Å². The molecule has 0 rings (SSSR count). The Kier molecular flexibility index (Phi) is 6.34. The molecule has 96 valence electrons. The SMILES string of the molecule is C#CCCCC(C(=O)O)(C(=O)OCC)C(C)C. The minimum absolute atomic E-state index is 0.176. The van der Waals surface area contributed by atoms with E-state index < -0.39 is 17.4 Å². The quantitative estimate of drug-likeness (QED) is 0.320. The van der Waals surface area contributed by atoms with Gasteiger partial charge >= 0.3 is 11.9 Å². The second-order valence-corrected chi connectivity index (χ2v) is 4.21. The van der Waals surface area contributed by atoms with Crippen molar-refractivity contribution in [1.29, 1.82) is 0 Å². The fourth-order valence-electron chi connectivity index (χ4n) is 1.80. The van der Waals surface area contributed by atoms with Gasteiger partial charge in [0.1, 0.15) is 0 Å². The van der Waals surface area contributed by atoms with E-state index in [9.17, 15) is 14.7 Å². The zero-order valence-corrected chi connectivity index (χ0v) is 10.7. The number of esters is 1. The third-order valence-electron chi connectivity index (χ3n) is 2.90. The van der Waals surface area contributed by atoms with Crippen LogP contribution in [0.15, 0.2) is 0 Å². The van der Waals surface area contributed by atoms with Gasteiger partial charge in [-0.3, -0.25) is 9.59 Å². The molecule has 0 amide bonds. The first-order valence-corrected chi connectivity index (χ1v) is 5.77. The van der Waals surface area contributed by atoms with Gasteiger partial charge in [-0.25, -0.2) is 0 Å². The maximum atomic E-state index is 11.9. The predicted octanol–water partition coefficient (Wildman–Crippen LogP) is 2.08. The van der Waals surface area contributed by atoms with Gasteiger partial charge in [0.15, 0.2) is 5.41 Å². The molecule has 0 aromatic carbocycles. The molecule has 4 nitrogen and oxygen atoms in total. The molecule has 0 aromatic rings. The van der Waals surface area contributed by atoms with Gasteiger partial charge in [0, 0.05) is 6.42 Å². The monoisotopic (exact) mass is 240 g/mol. The van der Waals surface area contributed by atoms with Crippen molar-refractivity contribution < 1.29 is 19.4 Å². The number of terminal acetylenes is 1. The lowest BCUT2D eigenvalue weighted by Gasteiger charge is -2.30. The smallest absolute Gasteiger partial charge is 0.323 e. The van der Waals surface area contributed by atoms with Gasteiger partial charge in [-0.1, -0.05) is 13.8 Å². The van der Waals surface area contributed by atoms with Crippen molar-refractivity contribution >= 4 is 11.9 Å². The fraction of sp³-hybridized carbons (Fsp3) is 0.692. The molecule has 1 N–H and O–H groups in total. The molecule has 0 spiro atoms. The number of hydrogen-bond donors (Lipinski definition) is 1. The molecule has 0 radical (unpaired) electrons. The Morgan fingerprint density at radius 2 is 2.06 bits per heavy atom. The molecule has 0 fully saturated rings. The molecule has 1 unspecified atom stereocenters. The summed E-state index contributed by atoms with van der Waals surface area (Å²) in [6, 6.07) is 0. The highest BCUT2D eigenvalue weighted by Gasteiger charge is 2.49. The van der Waals surface area contributed by atoms with E-state index >= 15 is 0 Å². The fourth-order valence-corrected chi connectivity index (χ4v) is 1.80. The van der Waals surface area contributed by atoms with Crippen LogP contribution in [0.25, 0.3) is 0 Å². The maximum Gasteiger partial charge on any atom is 0.323 e. The Balaban J connectivity index is 5.08. The van der Waals surface area contributed by atoms with Crippen LogP contribution in [-0.4, -0.2) is 23.7 Å². The summed E-state index contributed by atoms with van der Waals surface area (Å²) in [7, 11) is 0. The molecule has 0 saturated carbocycles. The third-order valence-corrected chi connectivity index (χ3v) is 2.90. The summed E-state index contributed by atoms with van der Waals surface area (Å²) in [4.78, 5) is 23.3. The van der Waals surface area contributed by atoms with Gasteiger partial charge < -0.3 is 9.84 Å². The summed E-state index contributed by atoms with van der Waals surface area (Å²) in [5, 5.41) is 9.34. The summed E-state index contributed by atoms with van der Waals surface area (Å²) in [6.45, 7) is 5.25. The highest BCUT2D eigenvalue weighted by atomic mass is 16.5. The van der Waals surface area contributed by atoms with Crippen molar-refractivity contribution in [2.45, 2.75) is 40.0 Å². The zero-order chi connectivity index (χ0) is 13.5. The van der Waals surface area contributed by atoms with E-state index in [-0.39, 0.29) is 18.9 Å². The number of ether oxygens (including phenoxy) is 1. The van der Waals surface area contributed by atoms with Crippen LogP contribution >= 0.6 is 0 Å². The van der Waals surface area contributed by atoms with E-state index in [0.717, 1.165) is 0 Å². The van der Waals surface area contributed by atoms with Gasteiger partial charge in [0.25, 0.3) is 0 Å². The Morgan fingerprint density at radius 1 is 1.47 bits per heavy atom. The molecule has 4 heteroatoms. The highest BCUT2D eigenvalue weighted by molar-refractivity contribution is 5.99. The summed E-state index contributed by atoms with van der Waals surface area (Å²) >= 11 is 0. The number of aliphatic carboxylic acids is 1. The molecule has 0 heterocycles. The molecule has 0 aliphatic rings. The van der Waals surface area contributed by atoms with Crippen molar-refractivity contribution in [2.24, 2.45) is 11.3 Å². The minimum Gasteiger partial charge on any atom is -0.480 e. The highest BCUT2D eigenvalue weighted by Crippen LogP contribution is 2.35. The minimum atomic E-state index is -1.48. The second-order valence-electron chi connectivity index (χ2n) is 4.21. The Hall–Kier alpha value is -1.50. The standard InChI is InChI=1S/C13H20O4/c1-5-7-8-9-13(10(3)4,11(14)15)12(16)17-6-2/h1,10H,6-9H2,2-4H3,(H,14,15). The Bertz CT molecular complexity index is 314. The molecule has 0 aromatic heterocycles. The summed E-state index contributed by atoms with van der Waals surface area (Å²) < 4.78 is 4.89. The van der Waals surface area contributed by atoms with Crippen LogP contribution in [0.4, 0.5) is 0 Å². The van der Waals surface area contributed by atoms with Gasteiger partial charge in [-0.05, 0) is 25.7 Å². The number of rotatable bonds is 7. The number of hydrogen-bond acceptors (Lipinski definition) is 3. The molecular weight excluding hydrogens is 220 g/mol. The summed E-state index contributed by atoms with van der Waals surface area (Å²) in [5.74, 6) is 0.304. The average molecular weight is 240 g/mol. The van der Waals surface area contributed by atoms with E-state index in [1.165, 1.54) is 0 Å². The van der Waals surface area contributed by atoms with Crippen LogP contribution in [0.5, 0.6) is 0 Å². The number of carbonyl (C=O) groups is 2. The van der Waals surface area contributed by atoms with Crippen molar-refractivity contribution in [1.82, 2.24) is 0 Å². The van der Waals surface area contributed by atoms with Crippen LogP contribution in [-0.2, 0) is 14.3 Å². The van der Waals surface area contributed by atoms with Gasteiger partial charge in [-0.2, -0.15) is 0 Å². The molecule has 0 saturated heterocycles. The van der Waals surface area contributed by atoms with Crippen molar-refractivity contribution in [3.8, 4) is 12.3 Å². The van der Waals surface area contributed by atoms with E-state index in [0.29, 0.717) is 12.8 Å². The average Bonchev–Trinajstić information content (AvgIpc) is 2.23. The zero-order valence-electron chi connectivity index (χ0n) is 10.7. The van der Waals surface area contributed by atoms with E-state index in [1.807, 2.05) is 0 Å². The van der Waals surface area contributed by atoms with Crippen molar-refractivity contribution in [2.75, 3.05) is 6.61 Å². The number of carboxylic acid groups (broad SMARTS) is 1. The third kappa shape index (κ3) is 3.48. The lowest BCUT2D eigenvalue weighted by Crippen LogP contribution is -2.45. The summed E-state index contributed by atoms with van der Waals surface area (Å²) in [6.07, 6.45) is 6.30. The lowest BCUT2D eigenvalue weighted by molar-refractivity contribution is -0.173. The first-order valence-electron chi connectivity index (χ1n) is 5.77. The first kappa shape index (κ1) is 15.5. The largest absolute Gasteiger partial charge is 0.480 e. The molecule has 17 heavy (non-hydrogen) atoms. The Labute approximate surface area is 102 Å². The van der Waals surface area contributed by atoms with Crippen LogP contribution in [0.1, 0.15) is 40.0 Å². The Morgan fingerprint density at radius 3 is 2.41 bits per heavy atom. The van der Waals surface area contributed by atoms with Gasteiger partial charge in [0.05, 0.1) is 6.61 Å². The van der Waals surface area contributed by atoms with Crippen molar-refractivity contribution in [3.63, 3.8) is 0 Å². The molecular formula is C13H20O4. The molecule has 1 atom stereocenters. The predicted molar refractivity (Wildman–Crippen MR) is 64.2 cm³/mol. The van der Waals surface area contributed by atoms with Crippen LogP contribution in [0.2, 0.25) is 0 Å². The molecule has 0 aliphatic heterocycles. The second kappa shape index (κ2) is 6.95. The van der Waals surface area contributed by atoms with E-state index in [1.54, 1.807) is 20.8 Å². The van der Waals surface area contributed by atoms with E-state index in [2.05, 4.69) is 5.92 Å². The van der Waals surface area contributed by atoms with Crippen molar-refractivity contribution in [3.05, 3.63) is 0 Å². The van der Waals surface area contributed by atoms with E-state index in [4.69, 9.17) is 11.2 Å². The molecule has 0 bridgehead atoms. The lowest BCUT2D eigenvalue weighted by atomic mass is 9.73. The number of carboxylic acids is 1. The van der Waals surface area contributed by atoms with Crippen LogP contribution < -0.4 is 0 Å². The molecule has 0 aliphatic carbocycles. The van der Waals surface area contributed by atoms with Crippen LogP contribution in [0.3, 0.4) is 0 Å². The van der Waals surface area contributed by atoms with Crippen LogP contribution in [0, 0.1) is 23.7 Å². The number of carbonyl (C=O) groups excluding carboxylic acids is 1. The first-order chi connectivity index (χ1) is 7.93. The van der Waals surface area contributed by atoms with Gasteiger partial charge in [0.2, 0.25) is 0 Å². The maximum absolute atomic E-state index is 11.9. The normalized spacial score (nSPS) is 13.8. The summed E-state index contributed by atoms with van der Waals surface area (Å²) in [5.41, 5.74) is -1.48. The topological polar surface area (TPSA) is 63.6 Å².